The molecule has 1 nitrogen and oxygen atoms in total. The van der Waals surface area contributed by atoms with E-state index in [1.807, 2.05) is 0 Å². The third kappa shape index (κ3) is 7.12. The number of hydrogen-bond acceptors (Lipinski definition) is 3. The fourth-order valence-electron chi connectivity index (χ4n) is 1.57. The molecule has 0 radical (unpaired) electrons. The van der Waals surface area contributed by atoms with Gasteiger partial charge in [0.2, 0.25) is 0 Å². The van der Waals surface area contributed by atoms with E-state index in [1.165, 1.54) is 10.5 Å². The predicted octanol–water partition coefficient (Wildman–Crippen LogP) is 4.99. The van der Waals surface area contributed by atoms with Gasteiger partial charge in [0, 0.05) is 17.1 Å². The van der Waals surface area contributed by atoms with Crippen molar-refractivity contribution < 1.29 is 4.79 Å². The summed E-state index contributed by atoms with van der Waals surface area (Å²) in [5.74, 6) is 1.16. The molecule has 0 aliphatic carbocycles. The first-order valence-corrected chi connectivity index (χ1v) is 8.56. The van der Waals surface area contributed by atoms with Gasteiger partial charge in [-0.05, 0) is 36.5 Å². The first kappa shape index (κ1) is 15.6. The summed E-state index contributed by atoms with van der Waals surface area (Å²) in [4.78, 5) is 12.1. The molecule has 18 heavy (non-hydrogen) atoms. The highest BCUT2D eigenvalue weighted by atomic mass is 33.1. The van der Waals surface area contributed by atoms with Crippen molar-refractivity contribution in [1.82, 2.24) is 0 Å². The van der Waals surface area contributed by atoms with Crippen molar-refractivity contribution in [1.29, 1.82) is 0 Å². The molecule has 0 aliphatic heterocycles. The summed E-state index contributed by atoms with van der Waals surface area (Å²) in [6, 6.07) is 8.76. The second-order valence-corrected chi connectivity index (χ2v) is 8.23. The Morgan fingerprint density at radius 1 is 1.17 bits per heavy atom. The molecule has 0 aromatic heterocycles. The monoisotopic (exact) mass is 282 g/mol. The molecule has 1 aromatic carbocycles. The summed E-state index contributed by atoms with van der Waals surface area (Å²) in [6.45, 7) is 8.42. The fraction of sp³-hybridized carbons (Fsp3) is 0.533. The Bertz CT molecular complexity index is 376. The maximum Gasteiger partial charge on any atom is 0.130 e. The molecule has 0 atom stereocenters. The summed E-state index contributed by atoms with van der Waals surface area (Å²) in [6.07, 6.45) is 1.77. The third-order valence-electron chi connectivity index (χ3n) is 2.35. The van der Waals surface area contributed by atoms with Gasteiger partial charge in [-0.2, -0.15) is 0 Å². The first-order chi connectivity index (χ1) is 8.37. The van der Waals surface area contributed by atoms with Gasteiger partial charge in [-0.3, -0.25) is 4.79 Å². The Kier molecular flexibility index (Phi) is 6.30. The average molecular weight is 282 g/mol. The molecule has 0 N–H and O–H groups in total. The molecule has 1 aromatic rings. The quantitative estimate of drug-likeness (QED) is 0.540. The Hall–Kier alpha value is -0.410. The lowest BCUT2D eigenvalue weighted by atomic mass is 9.88. The third-order valence-corrected chi connectivity index (χ3v) is 4.73. The van der Waals surface area contributed by atoms with Crippen LogP contribution in [0.3, 0.4) is 0 Å². The zero-order valence-corrected chi connectivity index (χ0v) is 13.3. The highest BCUT2D eigenvalue weighted by Gasteiger charge is 2.10. The van der Waals surface area contributed by atoms with Crippen LogP contribution in [0.15, 0.2) is 29.2 Å². The standard InChI is InChI=1S/C15H22OS2/c1-12(16)9-10-17-18-14-7-5-13(6-8-14)11-15(2,3)4/h5-8H,9-11H2,1-4H3. The van der Waals surface area contributed by atoms with Gasteiger partial charge in [0.1, 0.15) is 5.78 Å². The van der Waals surface area contributed by atoms with Crippen LogP contribution in [0.25, 0.3) is 0 Å². The van der Waals surface area contributed by atoms with Crippen LogP contribution in [-0.2, 0) is 11.2 Å². The number of ketones is 1. The lowest BCUT2D eigenvalue weighted by Crippen LogP contribution is -2.08. The highest BCUT2D eigenvalue weighted by Crippen LogP contribution is 2.32. The molecule has 0 fully saturated rings. The minimum atomic E-state index is 0.267. The van der Waals surface area contributed by atoms with Crippen LogP contribution < -0.4 is 0 Å². The van der Waals surface area contributed by atoms with Gasteiger partial charge in [0.15, 0.2) is 0 Å². The molecule has 0 heterocycles. The first-order valence-electron chi connectivity index (χ1n) is 6.25. The maximum atomic E-state index is 10.8. The van der Waals surface area contributed by atoms with Crippen molar-refractivity contribution in [3.05, 3.63) is 29.8 Å². The van der Waals surface area contributed by atoms with E-state index < -0.39 is 0 Å². The number of benzene rings is 1. The number of rotatable bonds is 6. The van der Waals surface area contributed by atoms with E-state index in [9.17, 15) is 4.79 Å². The lowest BCUT2D eigenvalue weighted by Gasteiger charge is -2.18. The molecule has 0 unspecified atom stereocenters. The molecule has 1 rings (SSSR count). The molecule has 0 aliphatic rings. The predicted molar refractivity (Wildman–Crippen MR) is 83.2 cm³/mol. The minimum absolute atomic E-state index is 0.267. The summed E-state index contributed by atoms with van der Waals surface area (Å²) in [5.41, 5.74) is 1.73. The fourth-order valence-corrected chi connectivity index (χ4v) is 3.65. The second kappa shape index (κ2) is 7.25. The summed E-state index contributed by atoms with van der Waals surface area (Å²) < 4.78 is 0. The topological polar surface area (TPSA) is 17.1 Å². The molecule has 100 valence electrons. The Balaban J connectivity index is 2.38. The summed E-state index contributed by atoms with van der Waals surface area (Å²) in [7, 11) is 3.50. The van der Waals surface area contributed by atoms with Crippen molar-refractivity contribution in [2.75, 3.05) is 5.75 Å². The van der Waals surface area contributed by atoms with Gasteiger partial charge >= 0.3 is 0 Å². The minimum Gasteiger partial charge on any atom is -0.300 e. The van der Waals surface area contributed by atoms with Gasteiger partial charge in [-0.1, -0.05) is 54.5 Å². The van der Waals surface area contributed by atoms with Crippen LogP contribution in [-0.4, -0.2) is 11.5 Å². The van der Waals surface area contributed by atoms with E-state index in [4.69, 9.17) is 0 Å². The summed E-state index contributed by atoms with van der Waals surface area (Å²) in [5, 5.41) is 0. The van der Waals surface area contributed by atoms with Crippen LogP contribution in [0.1, 0.15) is 39.7 Å². The van der Waals surface area contributed by atoms with Crippen LogP contribution in [0, 0.1) is 5.41 Å². The largest absolute Gasteiger partial charge is 0.300 e. The zero-order chi connectivity index (χ0) is 13.6. The van der Waals surface area contributed by atoms with Gasteiger partial charge in [0.25, 0.3) is 0 Å². The molecule has 0 amide bonds. The van der Waals surface area contributed by atoms with Crippen molar-refractivity contribution >= 4 is 27.4 Å². The van der Waals surface area contributed by atoms with Crippen LogP contribution in [0.4, 0.5) is 0 Å². The van der Waals surface area contributed by atoms with Gasteiger partial charge in [-0.15, -0.1) is 0 Å². The van der Waals surface area contributed by atoms with Crippen LogP contribution >= 0.6 is 21.6 Å². The number of Topliss-reactive ketones (excluding diaryl/α,β-unsaturated/α-hetero) is 1. The molecule has 0 saturated heterocycles. The van der Waals surface area contributed by atoms with E-state index in [0.717, 1.165) is 12.2 Å². The Morgan fingerprint density at radius 2 is 1.78 bits per heavy atom. The van der Waals surface area contributed by atoms with Gasteiger partial charge in [-0.25, -0.2) is 0 Å². The van der Waals surface area contributed by atoms with E-state index in [0.29, 0.717) is 11.8 Å². The van der Waals surface area contributed by atoms with Crippen molar-refractivity contribution in [2.24, 2.45) is 5.41 Å². The van der Waals surface area contributed by atoms with E-state index >= 15 is 0 Å². The summed E-state index contributed by atoms with van der Waals surface area (Å²) >= 11 is 0. The van der Waals surface area contributed by atoms with E-state index in [-0.39, 0.29) is 5.78 Å². The highest BCUT2D eigenvalue weighted by molar-refractivity contribution is 8.76. The smallest absolute Gasteiger partial charge is 0.130 e. The normalized spacial score (nSPS) is 11.6. The second-order valence-electron chi connectivity index (χ2n) is 5.74. The Morgan fingerprint density at radius 3 is 2.28 bits per heavy atom. The van der Waals surface area contributed by atoms with Crippen LogP contribution in [0.2, 0.25) is 0 Å². The molecule has 0 saturated carbocycles. The van der Waals surface area contributed by atoms with E-state index in [1.54, 1.807) is 28.5 Å². The average Bonchev–Trinajstić information content (AvgIpc) is 2.24. The molecular weight excluding hydrogens is 260 g/mol. The van der Waals surface area contributed by atoms with Gasteiger partial charge < -0.3 is 0 Å². The number of carbonyl (C=O) groups excluding carboxylic acids is 1. The van der Waals surface area contributed by atoms with E-state index in [2.05, 4.69) is 45.0 Å². The maximum absolute atomic E-state index is 10.8. The van der Waals surface area contributed by atoms with Crippen molar-refractivity contribution in [2.45, 2.75) is 45.4 Å². The molecule has 0 spiro atoms. The zero-order valence-electron chi connectivity index (χ0n) is 11.7. The van der Waals surface area contributed by atoms with Crippen LogP contribution in [0.5, 0.6) is 0 Å². The lowest BCUT2D eigenvalue weighted by molar-refractivity contribution is -0.116. The Labute approximate surface area is 119 Å². The molecule has 3 heteroatoms. The van der Waals surface area contributed by atoms with Crippen molar-refractivity contribution in [3.8, 4) is 0 Å². The van der Waals surface area contributed by atoms with Crippen molar-refractivity contribution in [3.63, 3.8) is 0 Å². The number of hydrogen-bond donors (Lipinski definition) is 0. The number of carbonyl (C=O) groups is 1. The van der Waals surface area contributed by atoms with Gasteiger partial charge in [0.05, 0.1) is 0 Å². The molecule has 0 bridgehead atoms. The molecular formula is C15H22OS2. The SMILES string of the molecule is CC(=O)CCSSc1ccc(CC(C)(C)C)cc1.